The molecule has 2 atom stereocenters. The average Bonchev–Trinajstić information content (AvgIpc) is 3.42. The molecule has 0 aliphatic heterocycles. The van der Waals surface area contributed by atoms with Gasteiger partial charge in [0, 0.05) is 48.5 Å². The van der Waals surface area contributed by atoms with Crippen molar-refractivity contribution in [2.24, 2.45) is 0 Å². The van der Waals surface area contributed by atoms with Crippen LogP contribution in [0.15, 0.2) is 78.3 Å². The van der Waals surface area contributed by atoms with Gasteiger partial charge < -0.3 is 15.2 Å². The first-order valence-electron chi connectivity index (χ1n) is 9.74. The standard InChI is InChI=1S/C24H25N3OS/c1-27(2)24(28)23(17-9-4-3-5-10-17)26-16-20(22-13-8-14-29-22)19-15-25-21-12-7-6-11-18(19)21/h3-15,20,23,25-26H,16H2,1-2H3/t20-,23-/m1/s1. The second-order valence-corrected chi connectivity index (χ2v) is 8.32. The number of nitrogens with one attached hydrogen (secondary N) is 2. The molecule has 0 saturated heterocycles. The minimum Gasteiger partial charge on any atom is -0.361 e. The lowest BCUT2D eigenvalue weighted by Gasteiger charge is -2.25. The van der Waals surface area contributed by atoms with Gasteiger partial charge in [0.1, 0.15) is 6.04 Å². The number of hydrogen-bond donors (Lipinski definition) is 2. The SMILES string of the molecule is CN(C)C(=O)[C@H](NC[C@@H](c1cccs1)c1c[nH]c2ccccc12)c1ccccc1. The third-order valence-electron chi connectivity index (χ3n) is 5.23. The zero-order valence-electron chi connectivity index (χ0n) is 16.6. The average molecular weight is 404 g/mol. The van der Waals surface area contributed by atoms with Crippen LogP contribution >= 0.6 is 11.3 Å². The normalized spacial score (nSPS) is 13.3. The Hall–Kier alpha value is -2.89. The van der Waals surface area contributed by atoms with E-state index in [1.54, 1.807) is 30.3 Å². The van der Waals surface area contributed by atoms with Crippen LogP contribution in [0.4, 0.5) is 0 Å². The molecule has 29 heavy (non-hydrogen) atoms. The van der Waals surface area contributed by atoms with Crippen LogP contribution in [0.25, 0.3) is 10.9 Å². The summed E-state index contributed by atoms with van der Waals surface area (Å²) in [4.78, 5) is 19.2. The number of amides is 1. The lowest BCUT2D eigenvalue weighted by atomic mass is 9.95. The van der Waals surface area contributed by atoms with Crippen molar-refractivity contribution in [2.75, 3.05) is 20.6 Å². The summed E-state index contributed by atoms with van der Waals surface area (Å²) in [5.41, 5.74) is 3.36. The molecule has 0 bridgehead atoms. The number of benzene rings is 2. The van der Waals surface area contributed by atoms with Gasteiger partial charge in [-0.3, -0.25) is 4.79 Å². The molecule has 0 saturated carbocycles. The van der Waals surface area contributed by atoms with Crippen LogP contribution < -0.4 is 5.32 Å². The largest absolute Gasteiger partial charge is 0.361 e. The molecule has 0 aliphatic carbocycles. The Balaban J connectivity index is 1.66. The maximum Gasteiger partial charge on any atom is 0.243 e. The lowest BCUT2D eigenvalue weighted by Crippen LogP contribution is -2.38. The van der Waals surface area contributed by atoms with Gasteiger partial charge >= 0.3 is 0 Å². The number of carbonyl (C=O) groups is 1. The van der Waals surface area contributed by atoms with E-state index in [1.807, 2.05) is 36.4 Å². The number of carbonyl (C=O) groups excluding carboxylic acids is 1. The van der Waals surface area contributed by atoms with Crippen molar-refractivity contribution >= 4 is 28.1 Å². The highest BCUT2D eigenvalue weighted by atomic mass is 32.1. The lowest BCUT2D eigenvalue weighted by molar-refractivity contribution is -0.131. The van der Waals surface area contributed by atoms with E-state index >= 15 is 0 Å². The number of thiophene rings is 1. The Morgan fingerprint density at radius 1 is 1.03 bits per heavy atom. The number of aromatic amines is 1. The smallest absolute Gasteiger partial charge is 0.243 e. The molecule has 4 aromatic rings. The molecular weight excluding hydrogens is 378 g/mol. The van der Waals surface area contributed by atoms with Crippen molar-refractivity contribution < 1.29 is 4.79 Å². The van der Waals surface area contributed by atoms with Crippen LogP contribution in [0, 0.1) is 0 Å². The van der Waals surface area contributed by atoms with Crippen LogP contribution in [-0.2, 0) is 4.79 Å². The minimum absolute atomic E-state index is 0.0556. The summed E-state index contributed by atoms with van der Waals surface area (Å²) in [5, 5.41) is 6.89. The Morgan fingerprint density at radius 3 is 2.52 bits per heavy atom. The number of nitrogens with zero attached hydrogens (tertiary/aromatic N) is 1. The summed E-state index contributed by atoms with van der Waals surface area (Å²) in [6.07, 6.45) is 2.10. The quantitative estimate of drug-likeness (QED) is 0.466. The third-order valence-corrected chi connectivity index (χ3v) is 6.22. The number of H-pyrrole nitrogens is 1. The molecule has 148 valence electrons. The van der Waals surface area contributed by atoms with E-state index in [-0.39, 0.29) is 17.9 Å². The monoisotopic (exact) mass is 403 g/mol. The minimum atomic E-state index is -0.376. The number of likely N-dealkylation sites (N-methyl/N-ethyl adjacent to an activating group) is 1. The van der Waals surface area contributed by atoms with E-state index in [9.17, 15) is 4.79 Å². The Bertz CT molecular complexity index is 1070. The first-order chi connectivity index (χ1) is 14.1. The van der Waals surface area contributed by atoms with Crippen molar-refractivity contribution in [1.29, 1.82) is 0 Å². The summed E-state index contributed by atoms with van der Waals surface area (Å²) in [7, 11) is 3.60. The predicted octanol–water partition coefficient (Wildman–Crippen LogP) is 4.78. The van der Waals surface area contributed by atoms with E-state index in [0.717, 1.165) is 11.1 Å². The summed E-state index contributed by atoms with van der Waals surface area (Å²) in [6.45, 7) is 0.668. The fraction of sp³-hybridized carbons (Fsp3) is 0.208. The van der Waals surface area contributed by atoms with Crippen LogP contribution in [0.5, 0.6) is 0 Å². The van der Waals surface area contributed by atoms with Gasteiger partial charge in [0.2, 0.25) is 5.91 Å². The molecule has 4 nitrogen and oxygen atoms in total. The van der Waals surface area contributed by atoms with Crippen molar-refractivity contribution in [3.63, 3.8) is 0 Å². The maximum atomic E-state index is 12.9. The second-order valence-electron chi connectivity index (χ2n) is 7.34. The van der Waals surface area contributed by atoms with E-state index in [2.05, 4.69) is 52.2 Å². The Kier molecular flexibility index (Phi) is 5.79. The highest BCUT2D eigenvalue weighted by Crippen LogP contribution is 2.33. The highest BCUT2D eigenvalue weighted by molar-refractivity contribution is 7.10. The van der Waals surface area contributed by atoms with Gasteiger partial charge in [-0.25, -0.2) is 0 Å². The van der Waals surface area contributed by atoms with E-state index in [1.165, 1.54) is 15.8 Å². The number of hydrogen-bond acceptors (Lipinski definition) is 3. The first-order valence-corrected chi connectivity index (χ1v) is 10.6. The topological polar surface area (TPSA) is 48.1 Å². The van der Waals surface area contributed by atoms with Gasteiger partial charge in [-0.2, -0.15) is 0 Å². The van der Waals surface area contributed by atoms with Crippen LogP contribution in [0.2, 0.25) is 0 Å². The molecule has 2 heterocycles. The molecule has 0 aliphatic rings. The molecule has 0 fully saturated rings. The van der Waals surface area contributed by atoms with Crippen LogP contribution in [-0.4, -0.2) is 36.4 Å². The highest BCUT2D eigenvalue weighted by Gasteiger charge is 2.25. The molecule has 0 spiro atoms. The predicted molar refractivity (Wildman–Crippen MR) is 120 cm³/mol. The molecule has 2 N–H and O–H groups in total. The zero-order valence-corrected chi connectivity index (χ0v) is 17.4. The van der Waals surface area contributed by atoms with Gasteiger partial charge in [-0.15, -0.1) is 11.3 Å². The third kappa shape index (κ3) is 4.11. The number of fused-ring (bicyclic) bond motifs is 1. The fourth-order valence-corrected chi connectivity index (χ4v) is 4.57. The van der Waals surface area contributed by atoms with Gasteiger partial charge in [-0.05, 0) is 28.6 Å². The number of rotatable bonds is 7. The maximum absolute atomic E-state index is 12.9. The van der Waals surface area contributed by atoms with E-state index < -0.39 is 0 Å². The van der Waals surface area contributed by atoms with Crippen molar-refractivity contribution in [3.8, 4) is 0 Å². The number of aromatic nitrogens is 1. The Morgan fingerprint density at radius 2 is 1.79 bits per heavy atom. The summed E-state index contributed by atoms with van der Waals surface area (Å²) >= 11 is 1.75. The summed E-state index contributed by atoms with van der Waals surface area (Å²) in [6, 6.07) is 22.2. The van der Waals surface area contributed by atoms with Gasteiger partial charge in [0.25, 0.3) is 0 Å². The van der Waals surface area contributed by atoms with Crippen molar-refractivity contribution in [3.05, 3.63) is 94.3 Å². The number of para-hydroxylation sites is 1. The van der Waals surface area contributed by atoms with Gasteiger partial charge in [0.15, 0.2) is 0 Å². The first kappa shape index (κ1) is 19.4. The van der Waals surface area contributed by atoms with E-state index in [4.69, 9.17) is 0 Å². The second kappa shape index (κ2) is 8.64. The molecule has 2 aromatic heterocycles. The van der Waals surface area contributed by atoms with Crippen molar-refractivity contribution in [2.45, 2.75) is 12.0 Å². The Labute approximate surface area is 175 Å². The fourth-order valence-electron chi connectivity index (χ4n) is 3.72. The molecular formula is C24H25N3OS. The molecule has 0 radical (unpaired) electrons. The molecule has 2 aromatic carbocycles. The summed E-state index contributed by atoms with van der Waals surface area (Å²) in [5.74, 6) is 0.215. The molecule has 5 heteroatoms. The van der Waals surface area contributed by atoms with Crippen molar-refractivity contribution in [1.82, 2.24) is 15.2 Å². The summed E-state index contributed by atoms with van der Waals surface area (Å²) < 4.78 is 0. The molecule has 4 rings (SSSR count). The van der Waals surface area contributed by atoms with Gasteiger partial charge in [-0.1, -0.05) is 54.6 Å². The van der Waals surface area contributed by atoms with Gasteiger partial charge in [0.05, 0.1) is 0 Å². The van der Waals surface area contributed by atoms with E-state index in [0.29, 0.717) is 6.54 Å². The molecule has 1 amide bonds. The molecule has 0 unspecified atom stereocenters. The zero-order chi connectivity index (χ0) is 20.2. The van der Waals surface area contributed by atoms with Crippen LogP contribution in [0.3, 0.4) is 0 Å². The van der Waals surface area contributed by atoms with Crippen LogP contribution in [0.1, 0.15) is 28.0 Å².